The predicted octanol–water partition coefficient (Wildman–Crippen LogP) is 2.56. The zero-order chi connectivity index (χ0) is 40.5. The van der Waals surface area contributed by atoms with Crippen LogP contribution in [0.3, 0.4) is 0 Å². The second-order valence-corrected chi connectivity index (χ2v) is 2.83. The lowest BCUT2D eigenvalue weighted by Gasteiger charge is -2.06. The molecule has 0 aliphatic heterocycles. The van der Waals surface area contributed by atoms with Gasteiger partial charge < -0.3 is 20.6 Å². The predicted molar refractivity (Wildman–Crippen MR) is 121 cm³/mol. The number of halogens is 3. The second kappa shape index (κ2) is 49.5. The van der Waals surface area contributed by atoms with E-state index in [1.54, 1.807) is 6.92 Å². The van der Waals surface area contributed by atoms with Crippen molar-refractivity contribution in [3.05, 3.63) is 0 Å². The third-order valence-electron chi connectivity index (χ3n) is 0.0743. The van der Waals surface area contributed by atoms with Gasteiger partial charge in [-0.1, -0.05) is 50.2 Å². The molecule has 0 aliphatic rings. The lowest BCUT2D eigenvalue weighted by Crippen LogP contribution is -2.26. The monoisotopic (exact) mass is 514 g/mol. The van der Waals surface area contributed by atoms with Gasteiger partial charge in [0, 0.05) is 27.5 Å². The van der Waals surface area contributed by atoms with E-state index in [4.69, 9.17) is 63.6 Å². The number of carbonyl (C=O) groups is 2. The molecule has 4 N–H and O–H groups in total. The van der Waals surface area contributed by atoms with E-state index < -0.39 is 70.9 Å². The third kappa shape index (κ3) is 1370. The van der Waals surface area contributed by atoms with E-state index in [0.717, 1.165) is 6.92 Å². The third-order valence-corrected chi connectivity index (χ3v) is 0.437. The SMILES string of the molecule is [2H]B([2H])[2H].[2H]C.[2H]C([2H])(Cl)C(=O)Cl.[2H]C([2H])([2H])B(O)O.[2H]C([2H])([2H])C(C)(N)C([2H])([2H])[2H].[2H]C([2H])([2H])CC.[2H]C([2H])([2H])I.[2H]C([2H])=O. The maximum Gasteiger partial charge on any atom is 0.448 e. The van der Waals surface area contributed by atoms with Gasteiger partial charge in [0.05, 0.1) is 16.9 Å². The second-order valence-electron chi connectivity index (χ2n) is 2.30. The average molecular weight is 515 g/mol. The smallest absolute Gasteiger partial charge is 0.427 e. The van der Waals surface area contributed by atoms with Crippen molar-refractivity contribution < 1.29 is 47.1 Å². The molecule has 0 bridgehead atoms. The maximum atomic E-state index is 9.72. The number of nitrogens with two attached hydrogens (primary N) is 1. The standard InChI is InChI=1S/C4H11N.C3H8.C2H2Cl2O.CH5BO2.CH3I.CH2O.CH4.BH3/c1-4(2,3)5;1-3-2;3-1-2(4)5;1-2(3)4;2*1-2;;/h5H2,1-3H3;3H2,1-2H3;1H2;3-4H,1H3;1H3;1H2;1H4;1H3/i1D3,2D3;1D3;1D2;2*1D3;1D2;1D;1D3. The Bertz CT molecular complexity index is 712. The van der Waals surface area contributed by atoms with E-state index >= 15 is 0 Å². The van der Waals surface area contributed by atoms with E-state index in [9.17, 15) is 4.79 Å². The minimum absolute atomic E-state index is 0.271. The molecule has 0 aromatic heterocycles. The zero-order valence-corrected chi connectivity index (χ0v) is 16.5. The van der Waals surface area contributed by atoms with Gasteiger partial charge in [-0.05, 0) is 47.8 Å². The molecule has 0 spiro atoms. The lowest BCUT2D eigenvalue weighted by molar-refractivity contribution is -0.109. The molecular formula is C13H38B2Cl2INO4. The van der Waals surface area contributed by atoms with Crippen LogP contribution in [0.25, 0.3) is 0 Å². The number of hydrogen-bond acceptors (Lipinski definition) is 5. The summed E-state index contributed by atoms with van der Waals surface area (Å²) in [6.45, 7) is -8.34. The Morgan fingerprint density at radius 2 is 1.91 bits per heavy atom. The number of rotatable bonds is 1. The van der Waals surface area contributed by atoms with Gasteiger partial charge in [-0.15, -0.1) is 11.6 Å². The highest BCUT2D eigenvalue weighted by molar-refractivity contribution is 14.1. The van der Waals surface area contributed by atoms with Gasteiger partial charge >= 0.3 is 7.12 Å². The number of alkyl halides is 2. The number of carbonyl (C=O) groups excluding carboxylic acids is 2. The van der Waals surface area contributed by atoms with Crippen LogP contribution in [0.1, 0.15) is 75.6 Å². The van der Waals surface area contributed by atoms with Crippen molar-refractivity contribution in [3.63, 3.8) is 0 Å². The van der Waals surface area contributed by atoms with Crippen molar-refractivity contribution in [1.82, 2.24) is 0 Å². The summed E-state index contributed by atoms with van der Waals surface area (Å²) in [4.78, 5) is 16.7. The van der Waals surface area contributed by atoms with Gasteiger partial charge in [0.2, 0.25) is 5.24 Å². The first-order chi connectivity index (χ1) is 19.4. The fourth-order valence-corrected chi connectivity index (χ4v) is 0. The Kier molecular flexibility index (Phi) is 17.5. The quantitative estimate of drug-likeness (QED) is 0.216. The van der Waals surface area contributed by atoms with Crippen LogP contribution >= 0.6 is 45.8 Å². The molecule has 0 unspecified atom stereocenters. The molecule has 10 heteroatoms. The molecule has 0 saturated heterocycles. The van der Waals surface area contributed by atoms with E-state index in [1.807, 2.05) is 0 Å². The van der Waals surface area contributed by atoms with Crippen molar-refractivity contribution in [2.45, 2.75) is 60.5 Å². The van der Waals surface area contributed by atoms with E-state index in [0.29, 0.717) is 0 Å². The van der Waals surface area contributed by atoms with Gasteiger partial charge in [0.25, 0.3) is 0 Å². The highest BCUT2D eigenvalue weighted by Gasteiger charge is 1.95. The Morgan fingerprint density at radius 3 is 1.91 bits per heavy atom. The molecule has 146 valence electrons. The van der Waals surface area contributed by atoms with Crippen LogP contribution in [-0.4, -0.2) is 57.7 Å². The molecule has 0 fully saturated rings. The summed E-state index contributed by atoms with van der Waals surface area (Å²) in [5.74, 6) is -2.40. The number of hydrogen-bond donors (Lipinski definition) is 3. The topological polar surface area (TPSA) is 101 Å². The minimum atomic E-state index is -2.65. The maximum absolute atomic E-state index is 9.72. The van der Waals surface area contributed by atoms with Gasteiger partial charge in [-0.25, -0.2) is 0 Å². The Labute approximate surface area is 202 Å². The van der Waals surface area contributed by atoms with Crippen LogP contribution in [0.5, 0.6) is 0 Å². The summed E-state index contributed by atoms with van der Waals surface area (Å²) in [6, 6.07) is 0. The van der Waals surface area contributed by atoms with Crippen LogP contribution in [0.2, 0.25) is 6.75 Å². The molecule has 0 amide bonds. The molecule has 0 aliphatic carbocycles. The molecular weight excluding hydrogens is 454 g/mol. The molecule has 23 heavy (non-hydrogen) atoms. The van der Waals surface area contributed by atoms with Crippen molar-refractivity contribution in [1.29, 1.82) is 4.01 Å². The Morgan fingerprint density at radius 1 is 1.70 bits per heavy atom. The first-order valence-electron chi connectivity index (χ1n) is 16.6. The van der Waals surface area contributed by atoms with E-state index in [2.05, 4.69) is 11.6 Å². The summed E-state index contributed by atoms with van der Waals surface area (Å²) in [6.07, 6.45) is 0.271. The summed E-state index contributed by atoms with van der Waals surface area (Å²) < 4.78 is 145. The Hall–Kier alpha value is 0.660. The van der Waals surface area contributed by atoms with Crippen molar-refractivity contribution in [3.8, 4) is 0 Å². The molecule has 0 aromatic rings. The van der Waals surface area contributed by atoms with Crippen LogP contribution in [0, 0.1) is 0 Å². The molecule has 0 aromatic carbocycles. The first kappa shape index (κ1) is 8.13. The van der Waals surface area contributed by atoms with Crippen molar-refractivity contribution in [2.75, 3.05) is 10.7 Å². The first-order valence-corrected chi connectivity index (χ1v) is 6.21. The van der Waals surface area contributed by atoms with Gasteiger partial charge in [-0.3, -0.25) is 4.79 Å². The molecule has 0 saturated carbocycles. The molecule has 0 atom stereocenters. The van der Waals surface area contributed by atoms with Crippen LogP contribution in [0.4, 0.5) is 0 Å². The van der Waals surface area contributed by atoms with Crippen LogP contribution < -0.4 is 5.73 Å². The summed E-state index contributed by atoms with van der Waals surface area (Å²) in [5, 5.41) is 14.6. The summed E-state index contributed by atoms with van der Waals surface area (Å²) in [5.41, 5.74) is 3.02. The summed E-state index contributed by atoms with van der Waals surface area (Å²) >= 11 is 10.7. The van der Waals surface area contributed by atoms with Crippen molar-refractivity contribution in [2.24, 2.45) is 5.73 Å². The molecule has 0 radical (unpaired) electrons. The fraction of sp³-hybridized carbons (Fsp3) is 0.846. The lowest BCUT2D eigenvalue weighted by atomic mass is 9.99. The minimum Gasteiger partial charge on any atom is -0.427 e. The largest absolute Gasteiger partial charge is 0.448 e. The average Bonchev–Trinajstić information content (AvgIpc) is 2.71. The van der Waals surface area contributed by atoms with E-state index in [1.165, 1.54) is 30.0 Å². The van der Waals surface area contributed by atoms with Gasteiger partial charge in [0.1, 0.15) is 9.48 Å². The normalized spacial score (nSPS) is 23.6. The van der Waals surface area contributed by atoms with Gasteiger partial charge in [-0.2, -0.15) is 0 Å². The molecule has 0 heterocycles. The zero-order valence-electron chi connectivity index (χ0n) is 35.8. The van der Waals surface area contributed by atoms with Gasteiger partial charge in [0.15, 0.2) is 0 Å². The van der Waals surface area contributed by atoms with Crippen LogP contribution in [0.15, 0.2) is 0 Å². The van der Waals surface area contributed by atoms with E-state index in [-0.39, 0.29) is 6.42 Å². The fourth-order valence-electron chi connectivity index (χ4n) is 0. The molecule has 0 rings (SSSR count). The highest BCUT2D eigenvalue weighted by atomic mass is 127. The Balaban J connectivity index is -0.0000000622. The van der Waals surface area contributed by atoms with Crippen molar-refractivity contribution >= 4 is 73.2 Å². The summed E-state index contributed by atoms with van der Waals surface area (Å²) in [7, 11) is -2.37. The highest BCUT2D eigenvalue weighted by Crippen LogP contribution is 1.88. The van der Waals surface area contributed by atoms with Crippen LogP contribution in [-0.2, 0) is 9.59 Å². The molecule has 5 nitrogen and oxygen atoms in total.